The first kappa shape index (κ1) is 28.1. The van der Waals surface area contributed by atoms with Crippen molar-refractivity contribution in [2.75, 3.05) is 6.54 Å². The first-order chi connectivity index (χ1) is 17.1. The monoisotopic (exact) mass is 501 g/mol. The molecule has 5 aliphatic rings. The molecule has 4 fully saturated rings. The number of aliphatic hydroxyl groups excluding tert-OH is 1. The van der Waals surface area contributed by atoms with E-state index in [1.54, 1.807) is 5.57 Å². The molecule has 1 saturated heterocycles. The summed E-state index contributed by atoms with van der Waals surface area (Å²) in [5.41, 5.74) is 2.60. The van der Waals surface area contributed by atoms with Gasteiger partial charge in [-0.3, -0.25) is 4.79 Å². The molecular formula is C32H55NO3. The van der Waals surface area contributed by atoms with E-state index in [-0.39, 0.29) is 12.1 Å². The minimum Gasteiger partial charge on any atom is -0.480 e. The second-order valence-electron chi connectivity index (χ2n) is 14.2. The average molecular weight is 502 g/mol. The molecule has 3 N–H and O–H groups in total. The highest BCUT2D eigenvalue weighted by atomic mass is 16.4. The standard InChI is InChI=1S/C27H46O.C5H9NO2/c1-18(2)7-6-8-19(3)23-11-12-24-22-10-9-20-17-21(28)13-15-26(20,4)25(22)14-16-27(23,24)5;7-5(8)4-2-1-3-6-4/h9,18-19,21-25,28H,6-8,10-17H2,1-5H3;4,6H,1-3H2,(H,7,8)/t19-,21+,22+,23-,24+,25+,26+,27-;4-/m10/s1. The Bertz CT molecular complexity index is 786. The number of hydrogen-bond acceptors (Lipinski definition) is 3. The molecule has 0 aromatic heterocycles. The Morgan fingerprint density at radius 1 is 1.06 bits per heavy atom. The van der Waals surface area contributed by atoms with Gasteiger partial charge in [0.1, 0.15) is 6.04 Å². The predicted octanol–water partition coefficient (Wildman–Crippen LogP) is 7.21. The van der Waals surface area contributed by atoms with Crippen molar-refractivity contribution < 1.29 is 15.0 Å². The lowest BCUT2D eigenvalue weighted by Gasteiger charge is -2.58. The molecule has 0 bridgehead atoms. The van der Waals surface area contributed by atoms with E-state index in [4.69, 9.17) is 5.11 Å². The van der Waals surface area contributed by atoms with Gasteiger partial charge >= 0.3 is 5.97 Å². The number of rotatable bonds is 6. The zero-order valence-corrected chi connectivity index (χ0v) is 23.9. The van der Waals surface area contributed by atoms with Crippen molar-refractivity contribution in [3.05, 3.63) is 11.6 Å². The number of allylic oxidation sites excluding steroid dienone is 1. The van der Waals surface area contributed by atoms with Crippen LogP contribution >= 0.6 is 0 Å². The molecule has 4 nitrogen and oxygen atoms in total. The molecule has 0 aromatic rings. The molecular weight excluding hydrogens is 446 g/mol. The van der Waals surface area contributed by atoms with Crippen LogP contribution in [0.1, 0.15) is 118 Å². The molecule has 1 heterocycles. The lowest BCUT2D eigenvalue weighted by Crippen LogP contribution is -2.50. The van der Waals surface area contributed by atoms with E-state index in [0.29, 0.717) is 10.8 Å². The summed E-state index contributed by atoms with van der Waals surface area (Å²) in [6.45, 7) is 13.4. The van der Waals surface area contributed by atoms with Crippen molar-refractivity contribution in [1.82, 2.24) is 5.32 Å². The van der Waals surface area contributed by atoms with Crippen molar-refractivity contribution in [1.29, 1.82) is 0 Å². The Morgan fingerprint density at radius 2 is 1.83 bits per heavy atom. The van der Waals surface area contributed by atoms with Gasteiger partial charge in [0.15, 0.2) is 0 Å². The van der Waals surface area contributed by atoms with Crippen molar-refractivity contribution in [3.8, 4) is 0 Å². The Hall–Kier alpha value is -0.870. The van der Waals surface area contributed by atoms with Crippen LogP contribution in [0.4, 0.5) is 0 Å². The van der Waals surface area contributed by atoms with Gasteiger partial charge in [-0.2, -0.15) is 0 Å². The molecule has 0 spiro atoms. The second-order valence-corrected chi connectivity index (χ2v) is 14.2. The zero-order chi connectivity index (χ0) is 26.1. The van der Waals surface area contributed by atoms with Crippen LogP contribution in [0.5, 0.6) is 0 Å². The molecule has 5 rings (SSSR count). The minimum atomic E-state index is -0.720. The van der Waals surface area contributed by atoms with E-state index >= 15 is 0 Å². The topological polar surface area (TPSA) is 69.6 Å². The molecule has 0 unspecified atom stereocenters. The van der Waals surface area contributed by atoms with Crippen molar-refractivity contribution in [2.45, 2.75) is 130 Å². The van der Waals surface area contributed by atoms with Gasteiger partial charge in [0, 0.05) is 0 Å². The first-order valence-electron chi connectivity index (χ1n) is 15.4. The molecule has 206 valence electrons. The normalized spacial score (nSPS) is 42.5. The summed E-state index contributed by atoms with van der Waals surface area (Å²) in [6.07, 6.45) is 18.9. The number of aliphatic carboxylic acids is 1. The zero-order valence-electron chi connectivity index (χ0n) is 23.9. The van der Waals surface area contributed by atoms with E-state index in [2.05, 4.69) is 46.0 Å². The highest BCUT2D eigenvalue weighted by Gasteiger charge is 2.59. The molecule has 4 aliphatic carbocycles. The van der Waals surface area contributed by atoms with Crippen molar-refractivity contribution >= 4 is 5.97 Å². The number of carbonyl (C=O) groups is 1. The largest absolute Gasteiger partial charge is 0.480 e. The number of carboxylic acids is 1. The first-order valence-corrected chi connectivity index (χ1v) is 15.4. The number of carboxylic acid groups (broad SMARTS) is 1. The second kappa shape index (κ2) is 11.5. The van der Waals surface area contributed by atoms with E-state index in [1.807, 2.05) is 0 Å². The van der Waals surface area contributed by atoms with Crippen LogP contribution in [0.15, 0.2) is 11.6 Å². The third-order valence-corrected chi connectivity index (χ3v) is 11.6. The lowest BCUT2D eigenvalue weighted by molar-refractivity contribution is -0.139. The molecule has 4 heteroatoms. The fourth-order valence-electron chi connectivity index (χ4n) is 9.56. The van der Waals surface area contributed by atoms with Crippen LogP contribution in [0.3, 0.4) is 0 Å². The van der Waals surface area contributed by atoms with Gasteiger partial charge in [0.2, 0.25) is 0 Å². The van der Waals surface area contributed by atoms with E-state index in [0.717, 1.165) is 67.7 Å². The third kappa shape index (κ3) is 5.60. The summed E-state index contributed by atoms with van der Waals surface area (Å²) in [5, 5.41) is 21.4. The molecule has 9 atom stereocenters. The van der Waals surface area contributed by atoms with Crippen LogP contribution in [-0.4, -0.2) is 34.9 Å². The summed E-state index contributed by atoms with van der Waals surface area (Å²) in [7, 11) is 0. The summed E-state index contributed by atoms with van der Waals surface area (Å²) in [6, 6.07) is -0.269. The lowest BCUT2D eigenvalue weighted by atomic mass is 9.47. The fourth-order valence-corrected chi connectivity index (χ4v) is 9.56. The van der Waals surface area contributed by atoms with Gasteiger partial charge in [0.25, 0.3) is 0 Å². The van der Waals surface area contributed by atoms with E-state index < -0.39 is 5.97 Å². The number of hydrogen-bond donors (Lipinski definition) is 3. The van der Waals surface area contributed by atoms with Crippen LogP contribution in [0.2, 0.25) is 0 Å². The Morgan fingerprint density at radius 3 is 2.47 bits per heavy atom. The Kier molecular flexibility index (Phi) is 8.97. The Labute approximate surface area is 221 Å². The van der Waals surface area contributed by atoms with Gasteiger partial charge in [0.05, 0.1) is 6.10 Å². The van der Waals surface area contributed by atoms with Gasteiger partial charge in [-0.1, -0.05) is 65.5 Å². The Balaban J connectivity index is 0.000000325. The molecule has 3 saturated carbocycles. The van der Waals surface area contributed by atoms with Gasteiger partial charge in [-0.05, 0) is 117 Å². The third-order valence-electron chi connectivity index (χ3n) is 11.6. The summed E-state index contributed by atoms with van der Waals surface area (Å²) in [4.78, 5) is 10.1. The quantitative estimate of drug-likeness (QED) is 0.336. The maximum absolute atomic E-state index is 10.2. The van der Waals surface area contributed by atoms with Crippen LogP contribution in [-0.2, 0) is 4.79 Å². The summed E-state index contributed by atoms with van der Waals surface area (Å²) < 4.78 is 0. The summed E-state index contributed by atoms with van der Waals surface area (Å²) >= 11 is 0. The maximum Gasteiger partial charge on any atom is 0.320 e. The van der Waals surface area contributed by atoms with Gasteiger partial charge in [-0.25, -0.2) is 0 Å². The molecule has 0 aromatic carbocycles. The highest BCUT2D eigenvalue weighted by molar-refractivity contribution is 5.73. The number of nitrogens with one attached hydrogen (secondary N) is 1. The number of aliphatic hydroxyl groups is 1. The molecule has 0 amide bonds. The smallest absolute Gasteiger partial charge is 0.320 e. The fraction of sp³-hybridized carbons (Fsp3) is 0.906. The van der Waals surface area contributed by atoms with Gasteiger partial charge < -0.3 is 15.5 Å². The highest BCUT2D eigenvalue weighted by Crippen LogP contribution is 2.67. The van der Waals surface area contributed by atoms with Crippen molar-refractivity contribution in [3.63, 3.8) is 0 Å². The number of fused-ring (bicyclic) bond motifs is 5. The maximum atomic E-state index is 10.2. The van der Waals surface area contributed by atoms with Crippen LogP contribution in [0, 0.1) is 46.3 Å². The van der Waals surface area contributed by atoms with E-state index in [1.165, 1.54) is 57.8 Å². The molecule has 0 radical (unpaired) electrons. The SMILES string of the molecule is CC(C)CCC[C@@H](C)[C@H]1CC[C@H]2[C@@H]3CC=C4C[C@@H](O)CC[C@]4(C)[C@H]3CC[C@]12C.O=C(O)[C@@H]1CCCN1. The van der Waals surface area contributed by atoms with Crippen LogP contribution < -0.4 is 5.32 Å². The minimum absolute atomic E-state index is 0.0766. The average Bonchev–Trinajstić information content (AvgIpc) is 3.48. The van der Waals surface area contributed by atoms with Crippen molar-refractivity contribution in [2.24, 2.45) is 46.3 Å². The van der Waals surface area contributed by atoms with Crippen LogP contribution in [0.25, 0.3) is 0 Å². The molecule has 36 heavy (non-hydrogen) atoms. The summed E-state index contributed by atoms with van der Waals surface area (Å²) in [5.74, 6) is 4.74. The van der Waals surface area contributed by atoms with E-state index in [9.17, 15) is 9.90 Å². The predicted molar refractivity (Wildman–Crippen MR) is 148 cm³/mol. The van der Waals surface area contributed by atoms with Gasteiger partial charge in [-0.15, -0.1) is 0 Å². The molecule has 1 aliphatic heterocycles.